The van der Waals surface area contributed by atoms with E-state index in [4.69, 9.17) is 0 Å². The normalized spacial score (nSPS) is 23.7. The van der Waals surface area contributed by atoms with Gasteiger partial charge in [0.15, 0.2) is 0 Å². The maximum absolute atomic E-state index is 11.3. The van der Waals surface area contributed by atoms with E-state index in [9.17, 15) is 4.79 Å². The number of amides is 1. The number of pyridine rings is 1. The van der Waals surface area contributed by atoms with E-state index in [0.717, 1.165) is 29.6 Å². The van der Waals surface area contributed by atoms with E-state index in [2.05, 4.69) is 32.3 Å². The lowest BCUT2D eigenvalue weighted by atomic mass is 9.81. The highest BCUT2D eigenvalue weighted by atomic mass is 79.9. The second-order valence-electron chi connectivity index (χ2n) is 4.51. The molecule has 1 atom stereocenters. The molecule has 0 bridgehead atoms. The van der Waals surface area contributed by atoms with Crippen molar-refractivity contribution in [1.29, 1.82) is 0 Å². The topological polar surface area (TPSA) is 42.0 Å². The molecule has 4 heteroatoms. The molecular formula is C12H15BrN2O. The van der Waals surface area contributed by atoms with Gasteiger partial charge in [0.25, 0.3) is 0 Å². The predicted octanol–water partition coefficient (Wildman–Crippen LogP) is 2.53. The molecule has 1 aliphatic carbocycles. The molecular weight excluding hydrogens is 268 g/mol. The molecule has 1 N–H and O–H groups in total. The Bertz CT molecular complexity index is 433. The standard InChI is InChI=1S/C12H15BrN2O/c1-8(16)15-12(2)7-3-4-9-5-6-10(13)14-11(9)12/h5-6H,3-4,7H2,1-2H3,(H,15,16). The highest BCUT2D eigenvalue weighted by molar-refractivity contribution is 9.10. The zero-order valence-corrected chi connectivity index (χ0v) is 11.1. The van der Waals surface area contributed by atoms with E-state index < -0.39 is 0 Å². The third-order valence-electron chi connectivity index (χ3n) is 3.04. The summed E-state index contributed by atoms with van der Waals surface area (Å²) in [6.45, 7) is 3.60. The van der Waals surface area contributed by atoms with Gasteiger partial charge in [0, 0.05) is 6.92 Å². The number of halogens is 1. The van der Waals surface area contributed by atoms with Gasteiger partial charge < -0.3 is 5.32 Å². The van der Waals surface area contributed by atoms with Gasteiger partial charge in [-0.25, -0.2) is 4.98 Å². The molecule has 0 saturated heterocycles. The maximum atomic E-state index is 11.3. The first-order valence-electron chi connectivity index (χ1n) is 5.46. The zero-order valence-electron chi connectivity index (χ0n) is 9.51. The lowest BCUT2D eigenvalue weighted by Crippen LogP contribution is -2.45. The molecule has 1 heterocycles. The summed E-state index contributed by atoms with van der Waals surface area (Å²) in [7, 11) is 0. The van der Waals surface area contributed by atoms with Crippen LogP contribution in [0.15, 0.2) is 16.7 Å². The van der Waals surface area contributed by atoms with Crippen LogP contribution in [0.3, 0.4) is 0 Å². The number of hydrogen-bond acceptors (Lipinski definition) is 2. The fourth-order valence-electron chi connectivity index (χ4n) is 2.40. The lowest BCUT2D eigenvalue weighted by Gasteiger charge is -2.35. The molecule has 0 aliphatic heterocycles. The van der Waals surface area contributed by atoms with Gasteiger partial charge in [0.2, 0.25) is 5.91 Å². The van der Waals surface area contributed by atoms with Crippen LogP contribution >= 0.6 is 15.9 Å². The molecule has 0 aromatic carbocycles. The Hall–Kier alpha value is -0.900. The van der Waals surface area contributed by atoms with Gasteiger partial charge in [-0.05, 0) is 53.7 Å². The van der Waals surface area contributed by atoms with Crippen molar-refractivity contribution in [3.05, 3.63) is 28.0 Å². The van der Waals surface area contributed by atoms with Gasteiger partial charge in [-0.1, -0.05) is 6.07 Å². The molecule has 1 aromatic rings. The fraction of sp³-hybridized carbons (Fsp3) is 0.500. The Labute approximate surface area is 104 Å². The van der Waals surface area contributed by atoms with Crippen LogP contribution in [0.4, 0.5) is 0 Å². The van der Waals surface area contributed by atoms with Crippen molar-refractivity contribution in [3.8, 4) is 0 Å². The minimum Gasteiger partial charge on any atom is -0.346 e. The number of carbonyl (C=O) groups excluding carboxylic acids is 1. The van der Waals surface area contributed by atoms with Crippen molar-refractivity contribution in [3.63, 3.8) is 0 Å². The summed E-state index contributed by atoms with van der Waals surface area (Å²) in [5.41, 5.74) is 1.93. The van der Waals surface area contributed by atoms with Gasteiger partial charge in [-0.2, -0.15) is 0 Å². The van der Waals surface area contributed by atoms with Gasteiger partial charge in [0.1, 0.15) is 4.60 Å². The van der Waals surface area contributed by atoms with Crippen LogP contribution in [0.25, 0.3) is 0 Å². The number of hydrogen-bond donors (Lipinski definition) is 1. The Morgan fingerprint density at radius 3 is 3.00 bits per heavy atom. The molecule has 1 aliphatic rings. The van der Waals surface area contributed by atoms with E-state index in [-0.39, 0.29) is 11.4 Å². The predicted molar refractivity (Wildman–Crippen MR) is 66.0 cm³/mol. The number of carbonyl (C=O) groups is 1. The van der Waals surface area contributed by atoms with E-state index in [1.165, 1.54) is 5.56 Å². The monoisotopic (exact) mass is 282 g/mol. The minimum absolute atomic E-state index is 0.00266. The minimum atomic E-state index is -0.316. The third-order valence-corrected chi connectivity index (χ3v) is 3.48. The van der Waals surface area contributed by atoms with E-state index >= 15 is 0 Å². The second-order valence-corrected chi connectivity index (χ2v) is 5.32. The molecule has 2 rings (SSSR count). The van der Waals surface area contributed by atoms with Crippen molar-refractivity contribution in [2.45, 2.75) is 38.6 Å². The van der Waals surface area contributed by atoms with Crippen molar-refractivity contribution >= 4 is 21.8 Å². The summed E-state index contributed by atoms with van der Waals surface area (Å²) in [5.74, 6) is -0.00266. The molecule has 0 fully saturated rings. The van der Waals surface area contributed by atoms with E-state index in [1.54, 1.807) is 6.92 Å². The summed E-state index contributed by atoms with van der Waals surface area (Å²) in [5, 5.41) is 3.02. The number of nitrogens with zero attached hydrogens (tertiary/aromatic N) is 1. The van der Waals surface area contributed by atoms with Crippen LogP contribution in [-0.2, 0) is 16.8 Å². The fourth-order valence-corrected chi connectivity index (χ4v) is 2.71. The van der Waals surface area contributed by atoms with Crippen LogP contribution in [0.1, 0.15) is 37.9 Å². The Balaban J connectivity index is 2.45. The highest BCUT2D eigenvalue weighted by Crippen LogP contribution is 2.34. The molecule has 1 unspecified atom stereocenters. The summed E-state index contributed by atoms with van der Waals surface area (Å²) in [6, 6.07) is 4.05. The largest absolute Gasteiger partial charge is 0.346 e. The third kappa shape index (κ3) is 2.12. The summed E-state index contributed by atoms with van der Waals surface area (Å²) >= 11 is 3.38. The summed E-state index contributed by atoms with van der Waals surface area (Å²) in [4.78, 5) is 15.8. The first-order chi connectivity index (χ1) is 7.51. The average Bonchev–Trinajstić information content (AvgIpc) is 2.18. The van der Waals surface area contributed by atoms with Crippen LogP contribution in [-0.4, -0.2) is 10.9 Å². The van der Waals surface area contributed by atoms with Crippen molar-refractivity contribution in [2.24, 2.45) is 0 Å². The number of nitrogens with one attached hydrogen (secondary N) is 1. The lowest BCUT2D eigenvalue weighted by molar-refractivity contribution is -0.121. The summed E-state index contributed by atoms with van der Waals surface area (Å²) < 4.78 is 0.824. The van der Waals surface area contributed by atoms with Crippen molar-refractivity contribution < 1.29 is 4.79 Å². The molecule has 0 radical (unpaired) electrons. The first-order valence-corrected chi connectivity index (χ1v) is 6.25. The molecule has 1 aromatic heterocycles. The van der Waals surface area contributed by atoms with Crippen molar-refractivity contribution in [2.75, 3.05) is 0 Å². The maximum Gasteiger partial charge on any atom is 0.217 e. The number of aromatic nitrogens is 1. The summed E-state index contributed by atoms with van der Waals surface area (Å²) in [6.07, 6.45) is 3.08. The van der Waals surface area contributed by atoms with Gasteiger partial charge in [0.05, 0.1) is 11.2 Å². The molecule has 0 saturated carbocycles. The van der Waals surface area contributed by atoms with Crippen LogP contribution < -0.4 is 5.32 Å². The zero-order chi connectivity index (χ0) is 11.8. The molecule has 16 heavy (non-hydrogen) atoms. The van der Waals surface area contributed by atoms with E-state index in [1.807, 2.05) is 13.0 Å². The SMILES string of the molecule is CC(=O)NC1(C)CCCc2ccc(Br)nc21. The molecule has 1 amide bonds. The smallest absolute Gasteiger partial charge is 0.217 e. The Morgan fingerprint density at radius 1 is 1.56 bits per heavy atom. The molecule has 3 nitrogen and oxygen atoms in total. The highest BCUT2D eigenvalue weighted by Gasteiger charge is 2.34. The quantitative estimate of drug-likeness (QED) is 0.805. The number of fused-ring (bicyclic) bond motifs is 1. The van der Waals surface area contributed by atoms with E-state index in [0.29, 0.717) is 0 Å². The van der Waals surface area contributed by atoms with Gasteiger partial charge in [-0.15, -0.1) is 0 Å². The number of aryl methyl sites for hydroxylation is 1. The first kappa shape index (κ1) is 11.6. The average molecular weight is 283 g/mol. The number of rotatable bonds is 1. The van der Waals surface area contributed by atoms with Crippen LogP contribution in [0.2, 0.25) is 0 Å². The van der Waals surface area contributed by atoms with Gasteiger partial charge in [-0.3, -0.25) is 4.79 Å². The Kier molecular flexibility index (Phi) is 3.02. The molecule has 0 spiro atoms. The van der Waals surface area contributed by atoms with Crippen molar-refractivity contribution in [1.82, 2.24) is 10.3 Å². The molecule has 86 valence electrons. The van der Waals surface area contributed by atoms with Crippen LogP contribution in [0.5, 0.6) is 0 Å². The van der Waals surface area contributed by atoms with Crippen LogP contribution in [0, 0.1) is 0 Å². The van der Waals surface area contributed by atoms with Gasteiger partial charge >= 0.3 is 0 Å². The second kappa shape index (κ2) is 4.17. The Morgan fingerprint density at radius 2 is 2.31 bits per heavy atom.